The van der Waals surface area contributed by atoms with Crippen LogP contribution in [0.15, 0.2) is 0 Å². The quantitative estimate of drug-likeness (QED) is 0.483. The molecule has 1 aliphatic carbocycles. The molecule has 0 aliphatic heterocycles. The predicted octanol–water partition coefficient (Wildman–Crippen LogP) is 1.97. The van der Waals surface area contributed by atoms with Crippen molar-refractivity contribution in [2.45, 2.75) is 33.1 Å². The van der Waals surface area contributed by atoms with Gasteiger partial charge in [0.25, 0.3) is 0 Å². The molecule has 1 fully saturated rings. The van der Waals surface area contributed by atoms with Gasteiger partial charge >= 0.3 is 0 Å². The van der Waals surface area contributed by atoms with Crippen LogP contribution in [0, 0.1) is 11.8 Å². The van der Waals surface area contributed by atoms with Gasteiger partial charge in [-0.05, 0) is 18.3 Å². The van der Waals surface area contributed by atoms with Gasteiger partial charge in [0, 0.05) is 12.8 Å². The van der Waals surface area contributed by atoms with Crippen molar-refractivity contribution >= 4 is 5.78 Å². The molecule has 0 aromatic heterocycles. The van der Waals surface area contributed by atoms with Gasteiger partial charge in [0.05, 0.1) is 0 Å². The van der Waals surface area contributed by atoms with Crippen LogP contribution in [-0.4, -0.2) is 5.78 Å². The van der Waals surface area contributed by atoms with Gasteiger partial charge in [0.1, 0.15) is 5.78 Å². The van der Waals surface area contributed by atoms with E-state index in [0.717, 1.165) is 12.8 Å². The Morgan fingerprint density at radius 1 is 1.56 bits per heavy atom. The monoisotopic (exact) mass is 125 g/mol. The molecule has 0 aromatic carbocycles. The van der Waals surface area contributed by atoms with E-state index in [2.05, 4.69) is 20.3 Å². The van der Waals surface area contributed by atoms with Crippen molar-refractivity contribution < 1.29 is 4.79 Å². The zero-order valence-corrected chi connectivity index (χ0v) is 6.11. The lowest BCUT2D eigenvalue weighted by atomic mass is 9.77. The molecule has 9 heavy (non-hydrogen) atoms. The minimum atomic E-state index is 0.245. The van der Waals surface area contributed by atoms with Crippen LogP contribution < -0.4 is 0 Å². The Hall–Kier alpha value is -0.330. The summed E-state index contributed by atoms with van der Waals surface area (Å²) in [4.78, 5) is 10.8. The second-order valence-electron chi connectivity index (χ2n) is 3.58. The van der Waals surface area contributed by atoms with Crippen molar-refractivity contribution in [1.82, 2.24) is 0 Å². The van der Waals surface area contributed by atoms with Crippen LogP contribution in [0.3, 0.4) is 0 Å². The molecule has 0 unspecified atom stereocenters. The van der Waals surface area contributed by atoms with Crippen LogP contribution in [0.2, 0.25) is 0 Å². The topological polar surface area (TPSA) is 17.1 Å². The van der Waals surface area contributed by atoms with Crippen molar-refractivity contribution in [3.63, 3.8) is 0 Å². The van der Waals surface area contributed by atoms with Crippen LogP contribution in [0.5, 0.6) is 0 Å². The zero-order valence-electron chi connectivity index (χ0n) is 6.11. The molecule has 1 radical (unpaired) electrons. The Kier molecular flexibility index (Phi) is 1.60. The van der Waals surface area contributed by atoms with Crippen molar-refractivity contribution in [3.05, 3.63) is 6.42 Å². The normalized spacial score (nSPS) is 26.2. The van der Waals surface area contributed by atoms with Crippen molar-refractivity contribution in [2.75, 3.05) is 0 Å². The summed E-state index contributed by atoms with van der Waals surface area (Å²) < 4.78 is 0. The van der Waals surface area contributed by atoms with E-state index in [1.54, 1.807) is 0 Å². The average Bonchev–Trinajstić information content (AvgIpc) is 1.60. The van der Waals surface area contributed by atoms with Crippen LogP contribution >= 0.6 is 0 Å². The first-order valence-corrected chi connectivity index (χ1v) is 3.43. The van der Waals surface area contributed by atoms with E-state index in [-0.39, 0.29) is 5.41 Å². The lowest BCUT2D eigenvalue weighted by molar-refractivity contribution is -0.121. The van der Waals surface area contributed by atoms with E-state index in [1.807, 2.05) is 0 Å². The Bertz CT molecular complexity index is 125. The molecule has 0 bridgehead atoms. The van der Waals surface area contributed by atoms with E-state index < -0.39 is 0 Å². The summed E-state index contributed by atoms with van der Waals surface area (Å²) in [5.74, 6) is 0.395. The first-order valence-electron chi connectivity index (χ1n) is 3.43. The maximum atomic E-state index is 10.8. The van der Waals surface area contributed by atoms with E-state index >= 15 is 0 Å². The van der Waals surface area contributed by atoms with Crippen LogP contribution in [0.4, 0.5) is 0 Å². The molecule has 0 amide bonds. The fraction of sp³-hybridized carbons (Fsp3) is 0.750. The molecule has 1 rings (SSSR count). The van der Waals surface area contributed by atoms with Gasteiger partial charge < -0.3 is 0 Å². The van der Waals surface area contributed by atoms with Crippen molar-refractivity contribution in [1.29, 1.82) is 0 Å². The fourth-order valence-electron chi connectivity index (χ4n) is 1.30. The summed E-state index contributed by atoms with van der Waals surface area (Å²) in [5.41, 5.74) is 0.245. The number of carbonyl (C=O) groups is 1. The molecule has 0 heterocycles. The highest BCUT2D eigenvalue weighted by atomic mass is 16.1. The Balaban J connectivity index is 2.51. The molecule has 0 atom stereocenters. The van der Waals surface area contributed by atoms with Crippen LogP contribution in [0.1, 0.15) is 33.1 Å². The van der Waals surface area contributed by atoms with E-state index in [0.29, 0.717) is 12.2 Å². The fourth-order valence-corrected chi connectivity index (χ4v) is 1.30. The highest BCUT2D eigenvalue weighted by Gasteiger charge is 2.25. The minimum absolute atomic E-state index is 0.245. The van der Waals surface area contributed by atoms with E-state index in [9.17, 15) is 4.79 Å². The number of Topliss-reactive ketones (excluding diaryl/α,β-unsaturated/α-hetero) is 1. The second kappa shape index (κ2) is 2.13. The molecule has 1 heteroatoms. The SMILES string of the molecule is CC1(C)C[CH]CC(=O)C1. The number of hydrogen-bond acceptors (Lipinski definition) is 1. The molecular formula is C8H13O. The molecule has 0 aromatic rings. The average molecular weight is 125 g/mol. The van der Waals surface area contributed by atoms with E-state index in [1.165, 1.54) is 0 Å². The Morgan fingerprint density at radius 2 is 2.22 bits per heavy atom. The molecule has 0 saturated heterocycles. The van der Waals surface area contributed by atoms with Gasteiger partial charge in [0.2, 0.25) is 0 Å². The number of carbonyl (C=O) groups excluding carboxylic acids is 1. The molecule has 51 valence electrons. The summed E-state index contributed by atoms with van der Waals surface area (Å²) in [6, 6.07) is 0. The maximum Gasteiger partial charge on any atom is 0.133 e. The lowest BCUT2D eigenvalue weighted by Crippen LogP contribution is -2.22. The van der Waals surface area contributed by atoms with Gasteiger partial charge in [0.15, 0.2) is 0 Å². The molecular weight excluding hydrogens is 112 g/mol. The summed E-state index contributed by atoms with van der Waals surface area (Å²) in [5, 5.41) is 0. The third-order valence-corrected chi connectivity index (χ3v) is 1.74. The molecule has 0 spiro atoms. The maximum absolute atomic E-state index is 10.8. The number of ketones is 1. The van der Waals surface area contributed by atoms with Gasteiger partial charge in [-0.1, -0.05) is 13.8 Å². The van der Waals surface area contributed by atoms with Gasteiger partial charge in [-0.2, -0.15) is 0 Å². The van der Waals surface area contributed by atoms with Gasteiger partial charge in [-0.25, -0.2) is 0 Å². The first kappa shape index (κ1) is 6.79. The van der Waals surface area contributed by atoms with Crippen molar-refractivity contribution in [3.8, 4) is 0 Å². The number of hydrogen-bond donors (Lipinski definition) is 0. The highest BCUT2D eigenvalue weighted by molar-refractivity contribution is 5.81. The molecule has 0 N–H and O–H groups in total. The van der Waals surface area contributed by atoms with Crippen molar-refractivity contribution in [2.24, 2.45) is 5.41 Å². The predicted molar refractivity (Wildman–Crippen MR) is 36.9 cm³/mol. The highest BCUT2D eigenvalue weighted by Crippen LogP contribution is 2.31. The Morgan fingerprint density at radius 3 is 2.56 bits per heavy atom. The second-order valence-corrected chi connectivity index (χ2v) is 3.58. The molecule has 1 aliphatic rings. The smallest absolute Gasteiger partial charge is 0.133 e. The third-order valence-electron chi connectivity index (χ3n) is 1.74. The summed E-state index contributed by atoms with van der Waals surface area (Å²) in [6.07, 6.45) is 4.65. The van der Waals surface area contributed by atoms with E-state index in [4.69, 9.17) is 0 Å². The van der Waals surface area contributed by atoms with Gasteiger partial charge in [-0.3, -0.25) is 4.79 Å². The minimum Gasteiger partial charge on any atom is -0.300 e. The van der Waals surface area contributed by atoms with Crippen LogP contribution in [0.25, 0.3) is 0 Å². The zero-order chi connectivity index (χ0) is 6.91. The first-order chi connectivity index (χ1) is 4.10. The summed E-state index contributed by atoms with van der Waals surface area (Å²) in [6.45, 7) is 4.28. The molecule has 1 nitrogen and oxygen atoms in total. The standard InChI is InChI=1S/C8H13O/c1-8(2)5-3-4-7(9)6-8/h3H,4-6H2,1-2H3. The number of rotatable bonds is 0. The Labute approximate surface area is 56.4 Å². The largest absolute Gasteiger partial charge is 0.300 e. The van der Waals surface area contributed by atoms with Crippen LogP contribution in [-0.2, 0) is 4.79 Å². The van der Waals surface area contributed by atoms with Gasteiger partial charge in [-0.15, -0.1) is 0 Å². The third kappa shape index (κ3) is 1.81. The lowest BCUT2D eigenvalue weighted by Gasteiger charge is -2.27. The summed E-state index contributed by atoms with van der Waals surface area (Å²) >= 11 is 0. The molecule has 1 saturated carbocycles. The summed E-state index contributed by atoms with van der Waals surface area (Å²) in [7, 11) is 0.